The van der Waals surface area contributed by atoms with E-state index < -0.39 is 15.1 Å². The predicted octanol–water partition coefficient (Wildman–Crippen LogP) is 5.40. The van der Waals surface area contributed by atoms with Crippen molar-refractivity contribution in [3.05, 3.63) is 29.8 Å². The van der Waals surface area contributed by atoms with Gasteiger partial charge in [0, 0.05) is 12.5 Å². The normalized spacial score (nSPS) is 29.9. The van der Waals surface area contributed by atoms with Crippen LogP contribution in [0.5, 0.6) is 0 Å². The minimum absolute atomic E-state index is 0.0206. The maximum atomic E-state index is 12.8. The van der Waals surface area contributed by atoms with Crippen LogP contribution >= 0.6 is 10.2 Å². The molecule has 8 heteroatoms. The summed E-state index contributed by atoms with van der Waals surface area (Å²) in [5.74, 6) is 0.658. The zero-order valence-corrected chi connectivity index (χ0v) is 13.1. The molecule has 0 heterocycles. The average Bonchev–Trinajstić information content (AvgIpc) is 3.05. The van der Waals surface area contributed by atoms with E-state index in [0.29, 0.717) is 24.0 Å². The maximum absolute atomic E-state index is 12.8. The summed E-state index contributed by atoms with van der Waals surface area (Å²) in [7, 11) is -9.68. The minimum Gasteiger partial charge on any atom is -0.352 e. The van der Waals surface area contributed by atoms with Gasteiger partial charge in [-0.25, -0.2) is 0 Å². The second-order valence-electron chi connectivity index (χ2n) is 6.62. The number of hydrogen-bond donors (Lipinski definition) is 1. The SMILES string of the molecule is O=C(NCc1cccc(S(F)(F)(F)(F)F)c1)C1CC2CCC1C2. The minimum atomic E-state index is -9.68. The van der Waals surface area contributed by atoms with Crippen LogP contribution in [0, 0.1) is 17.8 Å². The molecule has 0 radical (unpaired) electrons. The van der Waals surface area contributed by atoms with Gasteiger partial charge in [-0.3, -0.25) is 4.79 Å². The lowest BCUT2D eigenvalue weighted by Gasteiger charge is -2.40. The molecule has 1 N–H and O–H groups in total. The summed E-state index contributed by atoms with van der Waals surface area (Å²) in [5.41, 5.74) is 0.0206. The fraction of sp³-hybridized carbons (Fsp3) is 0.533. The fourth-order valence-electron chi connectivity index (χ4n) is 3.78. The van der Waals surface area contributed by atoms with E-state index in [4.69, 9.17) is 0 Å². The van der Waals surface area contributed by atoms with Crippen LogP contribution in [0.3, 0.4) is 0 Å². The molecule has 0 aliphatic heterocycles. The Labute approximate surface area is 131 Å². The van der Waals surface area contributed by atoms with Crippen molar-refractivity contribution in [2.24, 2.45) is 17.8 Å². The van der Waals surface area contributed by atoms with Crippen LogP contribution in [0.4, 0.5) is 19.4 Å². The van der Waals surface area contributed by atoms with Crippen LogP contribution in [0.25, 0.3) is 0 Å². The van der Waals surface area contributed by atoms with E-state index >= 15 is 0 Å². The third-order valence-corrected chi connectivity index (χ3v) is 6.03. The first-order chi connectivity index (χ1) is 10.4. The highest BCUT2D eigenvalue weighted by Crippen LogP contribution is 3.02. The number of nitrogens with one attached hydrogen (secondary N) is 1. The molecule has 0 aromatic heterocycles. The molecule has 2 fully saturated rings. The van der Waals surface area contributed by atoms with Gasteiger partial charge in [-0.2, -0.15) is 0 Å². The van der Waals surface area contributed by atoms with Gasteiger partial charge in [0.2, 0.25) is 5.91 Å². The molecule has 3 rings (SSSR count). The monoisotopic (exact) mass is 355 g/mol. The number of hydrogen-bond acceptors (Lipinski definition) is 1. The Morgan fingerprint density at radius 1 is 1.13 bits per heavy atom. The molecule has 2 saturated carbocycles. The fourth-order valence-corrected chi connectivity index (χ4v) is 4.49. The van der Waals surface area contributed by atoms with Crippen LogP contribution in [-0.2, 0) is 11.3 Å². The summed E-state index contributed by atoms with van der Waals surface area (Å²) in [4.78, 5) is 10.2. The van der Waals surface area contributed by atoms with E-state index in [1.807, 2.05) is 0 Å². The second kappa shape index (κ2) is 4.62. The van der Waals surface area contributed by atoms with Gasteiger partial charge in [0.25, 0.3) is 0 Å². The van der Waals surface area contributed by atoms with Gasteiger partial charge in [-0.05, 0) is 48.8 Å². The molecule has 1 aromatic rings. The first kappa shape index (κ1) is 16.5. The smallest absolute Gasteiger partial charge is 0.310 e. The Kier molecular flexibility index (Phi) is 3.32. The molecule has 23 heavy (non-hydrogen) atoms. The Morgan fingerprint density at radius 3 is 2.43 bits per heavy atom. The Morgan fingerprint density at radius 2 is 1.87 bits per heavy atom. The number of amides is 1. The Bertz CT molecular complexity index is 645. The van der Waals surface area contributed by atoms with Crippen molar-refractivity contribution in [3.63, 3.8) is 0 Å². The van der Waals surface area contributed by atoms with Gasteiger partial charge in [-0.15, -0.1) is 0 Å². The zero-order chi connectivity index (χ0) is 16.9. The van der Waals surface area contributed by atoms with Crippen molar-refractivity contribution >= 4 is 16.1 Å². The van der Waals surface area contributed by atoms with E-state index in [0.717, 1.165) is 31.7 Å². The van der Waals surface area contributed by atoms with Crippen LogP contribution in [0.15, 0.2) is 29.2 Å². The van der Waals surface area contributed by atoms with Gasteiger partial charge in [0.1, 0.15) is 4.90 Å². The molecular formula is C15H18F5NOS. The molecular weight excluding hydrogens is 337 g/mol. The largest absolute Gasteiger partial charge is 0.352 e. The highest BCUT2D eigenvalue weighted by molar-refractivity contribution is 8.45. The quantitative estimate of drug-likeness (QED) is 0.720. The molecule has 0 saturated heterocycles. The van der Waals surface area contributed by atoms with Crippen molar-refractivity contribution in [3.8, 4) is 0 Å². The summed E-state index contributed by atoms with van der Waals surface area (Å²) < 4.78 is 63.9. The van der Waals surface area contributed by atoms with Crippen LogP contribution < -0.4 is 5.32 Å². The summed E-state index contributed by atoms with van der Waals surface area (Å²) in [6.45, 7) is -0.172. The molecule has 0 spiro atoms. The van der Waals surface area contributed by atoms with E-state index in [-0.39, 0.29) is 23.9 Å². The number of benzene rings is 1. The molecule has 2 nitrogen and oxygen atoms in total. The number of halogens is 5. The number of rotatable bonds is 4. The summed E-state index contributed by atoms with van der Waals surface area (Å²) >= 11 is 0. The third kappa shape index (κ3) is 3.62. The van der Waals surface area contributed by atoms with Crippen LogP contribution in [-0.4, -0.2) is 5.91 Å². The van der Waals surface area contributed by atoms with E-state index in [2.05, 4.69) is 5.32 Å². The molecule has 2 aliphatic rings. The lowest BCUT2D eigenvalue weighted by Crippen LogP contribution is -2.33. The van der Waals surface area contributed by atoms with Crippen molar-refractivity contribution in [1.29, 1.82) is 0 Å². The highest BCUT2D eigenvalue weighted by atomic mass is 32.5. The molecule has 130 valence electrons. The van der Waals surface area contributed by atoms with Crippen LogP contribution in [0.2, 0.25) is 0 Å². The predicted molar refractivity (Wildman–Crippen MR) is 78.6 cm³/mol. The van der Waals surface area contributed by atoms with Gasteiger partial charge in [0.15, 0.2) is 0 Å². The van der Waals surface area contributed by atoms with E-state index in [9.17, 15) is 24.2 Å². The lowest BCUT2D eigenvalue weighted by atomic mass is 9.88. The molecule has 2 bridgehead atoms. The topological polar surface area (TPSA) is 29.1 Å². The zero-order valence-electron chi connectivity index (χ0n) is 12.3. The molecule has 1 aromatic carbocycles. The Balaban J connectivity index is 1.66. The van der Waals surface area contributed by atoms with Crippen LogP contribution in [0.1, 0.15) is 31.2 Å². The van der Waals surface area contributed by atoms with Gasteiger partial charge >= 0.3 is 10.2 Å². The summed E-state index contributed by atoms with van der Waals surface area (Å²) in [6, 6.07) is 3.02. The maximum Gasteiger partial charge on any atom is 0.310 e. The second-order valence-corrected chi connectivity index (χ2v) is 9.02. The Hall–Kier alpha value is -1.31. The van der Waals surface area contributed by atoms with Gasteiger partial charge in [-0.1, -0.05) is 38.0 Å². The molecule has 3 unspecified atom stereocenters. The first-order valence-electron chi connectivity index (χ1n) is 7.53. The lowest BCUT2D eigenvalue weighted by molar-refractivity contribution is -0.126. The molecule has 2 aliphatic carbocycles. The highest BCUT2D eigenvalue weighted by Gasteiger charge is 2.65. The van der Waals surface area contributed by atoms with E-state index in [1.54, 1.807) is 0 Å². The van der Waals surface area contributed by atoms with Gasteiger partial charge < -0.3 is 5.32 Å². The van der Waals surface area contributed by atoms with Gasteiger partial charge in [0.05, 0.1) is 0 Å². The van der Waals surface area contributed by atoms with Crippen molar-refractivity contribution in [2.45, 2.75) is 37.1 Å². The van der Waals surface area contributed by atoms with E-state index in [1.165, 1.54) is 6.07 Å². The molecule has 1 amide bonds. The number of carbonyl (C=O) groups is 1. The third-order valence-electron chi connectivity index (χ3n) is 4.89. The molecule has 3 atom stereocenters. The summed E-state index contributed by atoms with van der Waals surface area (Å²) in [5, 5.41) is 2.59. The first-order valence-corrected chi connectivity index (χ1v) is 9.48. The number of carbonyl (C=O) groups excluding carboxylic acids is 1. The van der Waals surface area contributed by atoms with Crippen molar-refractivity contribution < 1.29 is 24.2 Å². The van der Waals surface area contributed by atoms with Crippen molar-refractivity contribution in [1.82, 2.24) is 5.32 Å². The number of fused-ring (bicyclic) bond motifs is 2. The average molecular weight is 355 g/mol. The summed E-state index contributed by atoms with van der Waals surface area (Å²) in [6.07, 6.45) is 4.02. The standard InChI is InChI=1S/C15H18F5NOS/c16-23(17,18,19,20)13-3-1-2-11(7-13)9-21-15(22)14-8-10-4-5-12(14)6-10/h1-3,7,10,12,14H,4-6,8-9H2,(H,21,22). The van der Waals surface area contributed by atoms with Crippen molar-refractivity contribution in [2.75, 3.05) is 0 Å².